The van der Waals surface area contributed by atoms with Crippen molar-refractivity contribution in [3.05, 3.63) is 96.7 Å². The van der Waals surface area contributed by atoms with E-state index >= 15 is 0 Å². The molecule has 1 unspecified atom stereocenters. The van der Waals surface area contributed by atoms with Crippen LogP contribution in [0.1, 0.15) is 24.0 Å². The van der Waals surface area contributed by atoms with Crippen LogP contribution in [0.25, 0.3) is 16.9 Å². The number of amides is 2. The summed E-state index contributed by atoms with van der Waals surface area (Å²) >= 11 is -0.667. The second-order valence-corrected chi connectivity index (χ2v) is 13.1. The van der Waals surface area contributed by atoms with Gasteiger partial charge in [-0.3, -0.25) is 4.90 Å². The Hall–Kier alpha value is -4.41. The van der Waals surface area contributed by atoms with Crippen molar-refractivity contribution in [2.24, 2.45) is 0 Å². The molecule has 0 radical (unpaired) electrons. The first-order valence-electron chi connectivity index (χ1n) is 14.5. The molecular formula is C32H31AsF3N7O2. The van der Waals surface area contributed by atoms with Gasteiger partial charge in [0.2, 0.25) is 0 Å². The Morgan fingerprint density at radius 2 is 1.82 bits per heavy atom. The molecule has 2 aromatic carbocycles. The Morgan fingerprint density at radius 1 is 1.00 bits per heavy atom. The molecule has 0 aliphatic carbocycles. The molecule has 4 heterocycles. The van der Waals surface area contributed by atoms with Crippen molar-refractivity contribution < 1.29 is 22.7 Å². The standard InChI is InChI=1S/C32H31AsF3N7O2/c34-32(35,36)24-6-7-28(45-17-16-42-13-1-2-14-42)26(19-24)41-31(44)39-25-5-3-4-23(18-25)27-21-43-15-12-38-30(43)29(40-27)33-20-22-8-10-37-11-9-22/h3-12,15,18-19,21,33H,1-2,13-14,16-17,20H2,(H2,39,41,44). The zero-order valence-electron chi connectivity index (χ0n) is 24.2. The SMILES string of the molecule is O=C(Nc1cccc(-c2cn3ccnc3c([AsH]Cc3ccncc3)n2)c1)Nc1cc(C(F)(F)F)ccc1OCCN1CCCC1. The minimum Gasteiger partial charge on any atom is -0.300 e. The van der Waals surface area contributed by atoms with Crippen molar-refractivity contribution in [3.8, 4) is 17.0 Å². The predicted molar refractivity (Wildman–Crippen MR) is 168 cm³/mol. The summed E-state index contributed by atoms with van der Waals surface area (Å²) in [6.45, 7) is 2.91. The molecule has 1 aliphatic heterocycles. The number of carbonyl (C=O) groups is 1. The number of rotatable bonds is 10. The molecule has 9 nitrogen and oxygen atoms in total. The van der Waals surface area contributed by atoms with E-state index < -0.39 is 33.5 Å². The number of hydrogen-bond acceptors (Lipinski definition) is 6. The molecule has 6 rings (SSSR count). The second-order valence-electron chi connectivity index (χ2n) is 10.6. The first-order valence-corrected chi connectivity index (χ1v) is 17.1. The van der Waals surface area contributed by atoms with Crippen molar-refractivity contribution in [2.45, 2.75) is 24.2 Å². The maximum absolute atomic E-state index is 13.5. The number of urea groups is 1. The fourth-order valence-electron chi connectivity index (χ4n) is 5.14. The van der Waals surface area contributed by atoms with Gasteiger partial charge in [0.05, 0.1) is 0 Å². The average molecular weight is 678 g/mol. The molecule has 0 spiro atoms. The number of nitrogens with one attached hydrogen (secondary N) is 2. The van der Waals surface area contributed by atoms with Gasteiger partial charge >= 0.3 is 202 Å². The number of hydrogen-bond donors (Lipinski definition) is 2. The summed E-state index contributed by atoms with van der Waals surface area (Å²) in [5.41, 5.74) is 3.01. The Morgan fingerprint density at radius 3 is 2.62 bits per heavy atom. The summed E-state index contributed by atoms with van der Waals surface area (Å²) in [7, 11) is 0. The number of alkyl halides is 3. The third-order valence-corrected chi connectivity index (χ3v) is 10.1. The molecule has 2 amide bonds. The molecule has 1 fully saturated rings. The molecule has 232 valence electrons. The number of likely N-dealkylation sites (tertiary alicyclic amines) is 1. The van der Waals surface area contributed by atoms with Crippen molar-refractivity contribution in [1.29, 1.82) is 0 Å². The molecule has 5 aromatic rings. The van der Waals surface area contributed by atoms with E-state index in [1.165, 1.54) is 11.6 Å². The molecule has 0 saturated carbocycles. The van der Waals surface area contributed by atoms with Crippen LogP contribution in [0.5, 0.6) is 5.75 Å². The van der Waals surface area contributed by atoms with Crippen molar-refractivity contribution >= 4 is 43.3 Å². The van der Waals surface area contributed by atoms with E-state index in [1.807, 2.05) is 35.0 Å². The van der Waals surface area contributed by atoms with Gasteiger partial charge in [0, 0.05) is 6.54 Å². The number of carbonyl (C=O) groups excluding carboxylic acids is 1. The van der Waals surface area contributed by atoms with Crippen LogP contribution in [-0.2, 0) is 11.4 Å². The third kappa shape index (κ3) is 7.82. The molecule has 0 bridgehead atoms. The summed E-state index contributed by atoms with van der Waals surface area (Å²) in [5, 5.41) is 6.19. The van der Waals surface area contributed by atoms with Crippen LogP contribution < -0.4 is 19.9 Å². The van der Waals surface area contributed by atoms with E-state index in [0.29, 0.717) is 24.5 Å². The van der Waals surface area contributed by atoms with E-state index in [-0.39, 0.29) is 11.4 Å². The number of nitrogens with zero attached hydrogens (tertiary/aromatic N) is 5. The van der Waals surface area contributed by atoms with Gasteiger partial charge in [-0.05, 0) is 32.0 Å². The summed E-state index contributed by atoms with van der Waals surface area (Å²) in [6.07, 6.45) is 6.73. The molecule has 13 heteroatoms. The average Bonchev–Trinajstić information content (AvgIpc) is 3.73. The Balaban J connectivity index is 1.18. The summed E-state index contributed by atoms with van der Waals surface area (Å²) < 4.78 is 49.2. The number of imidazole rings is 1. The zero-order chi connectivity index (χ0) is 31.2. The molecule has 2 N–H and O–H groups in total. The van der Waals surface area contributed by atoms with E-state index in [9.17, 15) is 18.0 Å². The van der Waals surface area contributed by atoms with E-state index in [4.69, 9.17) is 9.72 Å². The molecule has 1 aliphatic rings. The van der Waals surface area contributed by atoms with Crippen molar-refractivity contribution in [2.75, 3.05) is 36.9 Å². The summed E-state index contributed by atoms with van der Waals surface area (Å²) in [5.74, 6) is 0.173. The van der Waals surface area contributed by atoms with Crippen LogP contribution in [0.3, 0.4) is 0 Å². The summed E-state index contributed by atoms with van der Waals surface area (Å²) in [4.78, 5) is 28.8. The van der Waals surface area contributed by atoms with Crippen LogP contribution in [0, 0.1) is 0 Å². The first kappa shape index (κ1) is 30.6. The minimum absolute atomic E-state index is 0.0598. The van der Waals surface area contributed by atoms with Crippen LogP contribution in [0.2, 0.25) is 0 Å². The molecular weight excluding hydrogens is 646 g/mol. The number of benzene rings is 2. The number of ether oxygens (including phenoxy) is 1. The molecule has 45 heavy (non-hydrogen) atoms. The van der Waals surface area contributed by atoms with Gasteiger partial charge in [-0.2, -0.15) is 13.2 Å². The number of aromatic nitrogens is 4. The quantitative estimate of drug-likeness (QED) is 0.198. The van der Waals surface area contributed by atoms with Crippen molar-refractivity contribution in [3.63, 3.8) is 0 Å². The van der Waals surface area contributed by atoms with Crippen molar-refractivity contribution in [1.82, 2.24) is 24.3 Å². The van der Waals surface area contributed by atoms with Crippen LogP contribution in [-0.4, -0.2) is 72.3 Å². The number of halogens is 3. The molecule has 1 saturated heterocycles. The second kappa shape index (κ2) is 13.7. The van der Waals surface area contributed by atoms with E-state index in [2.05, 4.69) is 25.5 Å². The Bertz CT molecular complexity index is 1780. The normalized spacial score (nSPS) is 13.9. The minimum atomic E-state index is -4.57. The van der Waals surface area contributed by atoms with Crippen LogP contribution in [0.15, 0.2) is 85.6 Å². The van der Waals surface area contributed by atoms with Crippen LogP contribution >= 0.6 is 0 Å². The van der Waals surface area contributed by atoms with Gasteiger partial charge in [0.1, 0.15) is 6.61 Å². The Kier molecular flexibility index (Phi) is 9.32. The van der Waals surface area contributed by atoms with Gasteiger partial charge in [-0.15, -0.1) is 0 Å². The monoisotopic (exact) mass is 677 g/mol. The predicted octanol–water partition coefficient (Wildman–Crippen LogP) is 5.19. The molecule has 1 atom stereocenters. The topological polar surface area (TPSA) is 96.7 Å². The van der Waals surface area contributed by atoms with Crippen LogP contribution in [0.4, 0.5) is 29.3 Å². The fraction of sp³-hybridized carbons (Fsp3) is 0.250. The van der Waals surface area contributed by atoms with E-state index in [0.717, 1.165) is 59.0 Å². The van der Waals surface area contributed by atoms with Gasteiger partial charge in [0.15, 0.2) is 0 Å². The number of anilines is 2. The zero-order valence-corrected chi connectivity index (χ0v) is 26.3. The Labute approximate surface area is 264 Å². The molecule has 3 aromatic heterocycles. The summed E-state index contributed by atoms with van der Waals surface area (Å²) in [6, 6.07) is 13.5. The maximum atomic E-state index is 13.5. The first-order chi connectivity index (χ1) is 21.8. The fourth-order valence-corrected chi connectivity index (χ4v) is 7.57. The number of fused-ring (bicyclic) bond motifs is 1. The third-order valence-electron chi connectivity index (χ3n) is 7.42. The van der Waals surface area contributed by atoms with E-state index in [1.54, 1.807) is 36.8 Å². The van der Waals surface area contributed by atoms with Gasteiger partial charge in [-0.1, -0.05) is 0 Å². The van der Waals surface area contributed by atoms with Gasteiger partial charge in [0.25, 0.3) is 0 Å². The van der Waals surface area contributed by atoms with Gasteiger partial charge < -0.3 is 0 Å². The van der Waals surface area contributed by atoms with Gasteiger partial charge in [-0.25, -0.2) is 0 Å². The number of pyridine rings is 1. The smallest absolute Gasteiger partial charge is 0.300 e.